The molecule has 1 amide bonds. The molecule has 3 atom stereocenters. The third-order valence-electron chi connectivity index (χ3n) is 7.13. The number of halogens is 3. The maximum Gasteiger partial charge on any atom is 0.416 e. The molecular formula is C23H31F3N2O3. The monoisotopic (exact) mass is 440 g/mol. The number of likely N-dealkylation sites (N-methyl/N-ethyl adjacent to an activating group) is 1. The Hall–Kier alpha value is -1.80. The summed E-state index contributed by atoms with van der Waals surface area (Å²) in [5.74, 6) is -0.162. The van der Waals surface area contributed by atoms with Gasteiger partial charge in [0.1, 0.15) is 5.75 Å². The van der Waals surface area contributed by atoms with E-state index in [1.54, 1.807) is 11.9 Å². The summed E-state index contributed by atoms with van der Waals surface area (Å²) in [6.07, 6.45) is 2.83. The Balaban J connectivity index is 1.41. The highest BCUT2D eigenvalue weighted by molar-refractivity contribution is 5.78. The molecule has 8 heteroatoms. The largest absolute Gasteiger partial charge is 0.484 e. The first kappa shape index (κ1) is 22.4. The predicted molar refractivity (Wildman–Crippen MR) is 110 cm³/mol. The van der Waals surface area contributed by atoms with E-state index in [1.807, 2.05) is 0 Å². The Morgan fingerprint density at radius 3 is 2.71 bits per heavy atom. The highest BCUT2D eigenvalue weighted by Gasteiger charge is 2.47. The van der Waals surface area contributed by atoms with E-state index in [2.05, 4.69) is 4.90 Å². The van der Waals surface area contributed by atoms with Gasteiger partial charge >= 0.3 is 6.18 Å². The first-order chi connectivity index (χ1) is 14.8. The zero-order valence-electron chi connectivity index (χ0n) is 18.0. The second-order valence-corrected chi connectivity index (χ2v) is 9.07. The van der Waals surface area contributed by atoms with Gasteiger partial charge in [-0.05, 0) is 76.2 Å². The van der Waals surface area contributed by atoms with Crippen molar-refractivity contribution in [1.29, 1.82) is 0 Å². The standard InChI is InChI=1S/C23H31F3N2O3/c1-27(21(29)16-30-18-7-4-6-17(14-18)23(24,25)26)19-8-10-22(9-5-13-31-22)15-20(19)28-11-2-3-12-28/h4,6-7,14,19-20H,2-3,5,8-13,15-16H2,1H3. The van der Waals surface area contributed by atoms with Crippen molar-refractivity contribution in [2.75, 3.05) is 33.4 Å². The fraction of sp³-hybridized carbons (Fsp3) is 0.696. The second-order valence-electron chi connectivity index (χ2n) is 9.07. The van der Waals surface area contributed by atoms with Crippen molar-refractivity contribution in [3.63, 3.8) is 0 Å². The molecule has 1 aromatic carbocycles. The van der Waals surface area contributed by atoms with Crippen LogP contribution < -0.4 is 4.74 Å². The van der Waals surface area contributed by atoms with Crippen molar-refractivity contribution in [3.05, 3.63) is 29.8 Å². The number of rotatable bonds is 5. The fourth-order valence-electron chi connectivity index (χ4n) is 5.43. The van der Waals surface area contributed by atoms with Gasteiger partial charge in [-0.3, -0.25) is 9.69 Å². The summed E-state index contributed by atoms with van der Waals surface area (Å²) in [6, 6.07) is 4.96. The average Bonchev–Trinajstić information content (AvgIpc) is 3.44. The van der Waals surface area contributed by atoms with Crippen LogP contribution in [0.15, 0.2) is 24.3 Å². The van der Waals surface area contributed by atoms with Gasteiger partial charge in [0.25, 0.3) is 5.91 Å². The first-order valence-corrected chi connectivity index (χ1v) is 11.2. The van der Waals surface area contributed by atoms with Crippen LogP contribution >= 0.6 is 0 Å². The minimum absolute atomic E-state index is 0.0506. The lowest BCUT2D eigenvalue weighted by atomic mass is 9.76. The molecule has 31 heavy (non-hydrogen) atoms. The van der Waals surface area contributed by atoms with Crippen LogP contribution in [0.2, 0.25) is 0 Å². The lowest BCUT2D eigenvalue weighted by Gasteiger charge is -2.48. The van der Waals surface area contributed by atoms with Crippen LogP contribution in [0.25, 0.3) is 0 Å². The average molecular weight is 441 g/mol. The van der Waals surface area contributed by atoms with Crippen molar-refractivity contribution in [1.82, 2.24) is 9.80 Å². The second kappa shape index (κ2) is 8.98. The maximum absolute atomic E-state index is 12.9. The number of hydrogen-bond acceptors (Lipinski definition) is 4. The van der Waals surface area contributed by atoms with E-state index in [9.17, 15) is 18.0 Å². The van der Waals surface area contributed by atoms with Gasteiger partial charge in [0, 0.05) is 25.7 Å². The van der Waals surface area contributed by atoms with Gasteiger partial charge in [0.05, 0.1) is 11.2 Å². The molecule has 1 saturated carbocycles. The van der Waals surface area contributed by atoms with Crippen LogP contribution in [0.4, 0.5) is 13.2 Å². The minimum atomic E-state index is -4.44. The number of carbonyl (C=O) groups is 1. The van der Waals surface area contributed by atoms with Crippen molar-refractivity contribution in [2.45, 2.75) is 68.8 Å². The molecule has 0 radical (unpaired) electrons. The minimum Gasteiger partial charge on any atom is -0.484 e. The molecule has 0 N–H and O–H groups in total. The lowest BCUT2D eigenvalue weighted by Crippen LogP contribution is -2.58. The summed E-state index contributed by atoms with van der Waals surface area (Å²) in [4.78, 5) is 17.1. The van der Waals surface area contributed by atoms with E-state index in [4.69, 9.17) is 9.47 Å². The van der Waals surface area contributed by atoms with Crippen molar-refractivity contribution in [3.8, 4) is 5.75 Å². The number of benzene rings is 1. The third kappa shape index (κ3) is 5.00. The topological polar surface area (TPSA) is 42.0 Å². The van der Waals surface area contributed by atoms with Crippen molar-refractivity contribution < 1.29 is 27.4 Å². The van der Waals surface area contributed by atoms with Gasteiger partial charge < -0.3 is 14.4 Å². The fourth-order valence-corrected chi connectivity index (χ4v) is 5.43. The van der Waals surface area contributed by atoms with Gasteiger partial charge in [0.15, 0.2) is 6.61 Å². The normalized spacial score (nSPS) is 29.4. The molecular weight excluding hydrogens is 409 g/mol. The molecule has 4 rings (SSSR count). The van der Waals surface area contributed by atoms with Crippen LogP contribution in [0, 0.1) is 0 Å². The molecule has 1 aliphatic carbocycles. The molecule has 1 aromatic rings. The Bertz CT molecular complexity index is 774. The summed E-state index contributed by atoms with van der Waals surface area (Å²) in [5.41, 5.74) is -0.837. The van der Waals surface area contributed by atoms with Gasteiger partial charge in [0.2, 0.25) is 0 Å². The van der Waals surface area contributed by atoms with Crippen LogP contribution in [0.3, 0.4) is 0 Å². The van der Waals surface area contributed by atoms with Crippen LogP contribution in [0.5, 0.6) is 5.75 Å². The lowest BCUT2D eigenvalue weighted by molar-refractivity contribution is -0.139. The first-order valence-electron chi connectivity index (χ1n) is 11.2. The summed E-state index contributed by atoms with van der Waals surface area (Å²) >= 11 is 0. The van der Waals surface area contributed by atoms with E-state index in [-0.39, 0.29) is 35.9 Å². The number of likely N-dealkylation sites (tertiary alicyclic amines) is 1. The quantitative estimate of drug-likeness (QED) is 0.691. The molecule has 5 nitrogen and oxygen atoms in total. The Kier molecular flexibility index (Phi) is 6.49. The molecule has 3 aliphatic rings. The Morgan fingerprint density at radius 1 is 1.26 bits per heavy atom. The molecule has 2 aliphatic heterocycles. The van der Waals surface area contributed by atoms with Gasteiger partial charge in [-0.2, -0.15) is 13.2 Å². The van der Waals surface area contributed by atoms with Crippen LogP contribution in [-0.2, 0) is 15.7 Å². The van der Waals surface area contributed by atoms with Gasteiger partial charge in [-0.25, -0.2) is 0 Å². The van der Waals surface area contributed by atoms with E-state index in [0.717, 1.165) is 63.9 Å². The molecule has 0 bridgehead atoms. The van der Waals surface area contributed by atoms with E-state index < -0.39 is 11.7 Å². The molecule has 2 saturated heterocycles. The van der Waals surface area contributed by atoms with Gasteiger partial charge in [-0.1, -0.05) is 6.07 Å². The van der Waals surface area contributed by atoms with Crippen LogP contribution in [0.1, 0.15) is 50.5 Å². The predicted octanol–water partition coefficient (Wildman–Crippen LogP) is 4.11. The van der Waals surface area contributed by atoms with Crippen molar-refractivity contribution >= 4 is 5.91 Å². The maximum atomic E-state index is 12.9. The van der Waals surface area contributed by atoms with E-state index >= 15 is 0 Å². The smallest absolute Gasteiger partial charge is 0.416 e. The summed E-state index contributed by atoms with van der Waals surface area (Å²) < 4.78 is 50.3. The van der Waals surface area contributed by atoms with Crippen molar-refractivity contribution in [2.24, 2.45) is 0 Å². The molecule has 2 heterocycles. The third-order valence-corrected chi connectivity index (χ3v) is 7.13. The van der Waals surface area contributed by atoms with E-state index in [1.165, 1.54) is 25.0 Å². The summed E-state index contributed by atoms with van der Waals surface area (Å²) in [7, 11) is 1.79. The zero-order valence-corrected chi connectivity index (χ0v) is 18.0. The summed E-state index contributed by atoms with van der Waals surface area (Å²) in [6.45, 7) is 2.62. The number of alkyl halides is 3. The molecule has 3 fully saturated rings. The highest BCUT2D eigenvalue weighted by Crippen LogP contribution is 2.43. The number of ether oxygens (including phenoxy) is 2. The molecule has 1 spiro atoms. The SMILES string of the molecule is CN(C(=O)COc1cccc(C(F)(F)F)c1)C1CCC2(CCCO2)CC1N1CCCC1. The number of amides is 1. The molecule has 0 aromatic heterocycles. The van der Waals surface area contributed by atoms with E-state index in [0.29, 0.717) is 0 Å². The Labute approximate surface area is 181 Å². The zero-order chi connectivity index (χ0) is 22.1. The highest BCUT2D eigenvalue weighted by atomic mass is 19.4. The molecule has 3 unspecified atom stereocenters. The molecule has 172 valence electrons. The number of carbonyl (C=O) groups excluding carboxylic acids is 1. The van der Waals surface area contributed by atoms with Crippen LogP contribution in [-0.4, -0.2) is 66.7 Å². The Morgan fingerprint density at radius 2 is 2.03 bits per heavy atom. The number of hydrogen-bond donors (Lipinski definition) is 0. The number of nitrogens with zero attached hydrogens (tertiary/aromatic N) is 2. The van der Waals surface area contributed by atoms with Gasteiger partial charge in [-0.15, -0.1) is 0 Å². The summed E-state index contributed by atoms with van der Waals surface area (Å²) in [5, 5.41) is 0.